The molecule has 3 aliphatic rings. The molecule has 7 heteroatoms. The molecule has 0 unspecified atom stereocenters. The number of carbonyl (C=O) groups is 2. The molecular weight excluding hydrogens is 440 g/mol. The Kier molecular flexibility index (Phi) is 7.44. The number of piperidine rings is 1. The Balaban J connectivity index is 1.06. The smallest absolute Gasteiger partial charge is 0.269 e. The Labute approximate surface area is 207 Å². The largest absolute Gasteiger partial charge is 0.390 e. The van der Waals surface area contributed by atoms with Gasteiger partial charge in [-0.05, 0) is 73.3 Å². The Morgan fingerprint density at radius 3 is 2.60 bits per heavy atom. The van der Waals surface area contributed by atoms with E-state index >= 15 is 0 Å². The van der Waals surface area contributed by atoms with Gasteiger partial charge in [0, 0.05) is 51.4 Å². The summed E-state index contributed by atoms with van der Waals surface area (Å²) < 4.78 is 0. The summed E-state index contributed by atoms with van der Waals surface area (Å²) in [4.78, 5) is 33.5. The average Bonchev–Trinajstić information content (AvgIpc) is 3.73. The Morgan fingerprint density at radius 2 is 1.83 bits per heavy atom. The highest BCUT2D eigenvalue weighted by molar-refractivity contribution is 5.92. The molecule has 1 saturated carbocycles. The van der Waals surface area contributed by atoms with Crippen molar-refractivity contribution >= 4 is 11.8 Å². The number of nitrogens with one attached hydrogen (secondary N) is 1. The highest BCUT2D eigenvalue weighted by atomic mass is 16.3. The topological polar surface area (TPSA) is 85.8 Å². The van der Waals surface area contributed by atoms with E-state index in [0.717, 1.165) is 70.3 Å². The van der Waals surface area contributed by atoms with Crippen LogP contribution in [-0.2, 0) is 24.2 Å². The van der Waals surface area contributed by atoms with Crippen LogP contribution in [0.15, 0.2) is 42.6 Å². The van der Waals surface area contributed by atoms with Crippen LogP contribution in [0.25, 0.3) is 0 Å². The van der Waals surface area contributed by atoms with E-state index in [1.54, 1.807) is 6.20 Å². The van der Waals surface area contributed by atoms with Crippen LogP contribution in [-0.4, -0.2) is 70.5 Å². The number of aliphatic hydroxyl groups is 1. The van der Waals surface area contributed by atoms with Crippen molar-refractivity contribution in [1.29, 1.82) is 0 Å². The Hall–Kier alpha value is -2.77. The van der Waals surface area contributed by atoms with E-state index < -0.39 is 6.10 Å². The molecule has 1 atom stereocenters. The number of aliphatic hydroxyl groups excluding tert-OH is 1. The predicted octanol–water partition coefficient (Wildman–Crippen LogP) is 2.42. The van der Waals surface area contributed by atoms with Gasteiger partial charge >= 0.3 is 0 Å². The van der Waals surface area contributed by atoms with E-state index in [9.17, 15) is 14.7 Å². The maximum Gasteiger partial charge on any atom is 0.269 e. The summed E-state index contributed by atoms with van der Waals surface area (Å²) in [5, 5.41) is 13.4. The minimum Gasteiger partial charge on any atom is -0.390 e. The van der Waals surface area contributed by atoms with Crippen molar-refractivity contribution in [2.45, 2.75) is 51.2 Å². The van der Waals surface area contributed by atoms with Gasteiger partial charge in [-0.2, -0.15) is 0 Å². The molecule has 0 radical (unpaired) electrons. The van der Waals surface area contributed by atoms with Crippen molar-refractivity contribution in [3.05, 3.63) is 65.0 Å². The van der Waals surface area contributed by atoms with Crippen LogP contribution in [0.3, 0.4) is 0 Å². The van der Waals surface area contributed by atoms with Crippen molar-refractivity contribution in [2.24, 2.45) is 11.8 Å². The maximum atomic E-state index is 12.7. The van der Waals surface area contributed by atoms with Crippen LogP contribution in [0.2, 0.25) is 0 Å². The molecule has 0 bridgehead atoms. The zero-order valence-electron chi connectivity index (χ0n) is 20.4. The zero-order chi connectivity index (χ0) is 24.2. The summed E-state index contributed by atoms with van der Waals surface area (Å²) in [6.07, 6.45) is 7.09. The third-order valence-corrected chi connectivity index (χ3v) is 7.61. The summed E-state index contributed by atoms with van der Waals surface area (Å²) in [5.41, 5.74) is 4.19. The van der Waals surface area contributed by atoms with E-state index in [1.165, 1.54) is 11.1 Å². The molecule has 5 rings (SSSR count). The first-order valence-corrected chi connectivity index (χ1v) is 13.0. The quantitative estimate of drug-likeness (QED) is 0.611. The number of hydrogen-bond acceptors (Lipinski definition) is 5. The molecule has 2 amide bonds. The fraction of sp³-hybridized carbons (Fsp3) is 0.536. The first-order chi connectivity index (χ1) is 17.0. The molecule has 2 fully saturated rings. The normalized spacial score (nSPS) is 19.7. The molecule has 1 aromatic heterocycles. The summed E-state index contributed by atoms with van der Waals surface area (Å²) >= 11 is 0. The summed E-state index contributed by atoms with van der Waals surface area (Å²) in [6.45, 7) is 4.18. The number of benzene rings is 1. The standard InChI is InChI=1S/C28H36N4O3/c33-25(19-31-12-10-22-3-1-2-4-24(22)18-31)17-30-27(34)26-16-21(7-11-29-26)15-20-8-13-32(14-9-20)28(35)23-5-6-23/h1-4,7,11,16,20,23,25,33H,5-6,8-10,12-15,17-19H2,(H,30,34)/t25-/m0/s1. The third kappa shape index (κ3) is 6.27. The second-order valence-corrected chi connectivity index (χ2v) is 10.4. The van der Waals surface area contributed by atoms with E-state index in [-0.39, 0.29) is 12.5 Å². The van der Waals surface area contributed by atoms with Crippen LogP contribution in [0.4, 0.5) is 0 Å². The lowest BCUT2D eigenvalue weighted by Gasteiger charge is -2.32. The molecule has 2 aliphatic heterocycles. The van der Waals surface area contributed by atoms with Gasteiger partial charge in [0.25, 0.3) is 5.91 Å². The fourth-order valence-electron chi connectivity index (χ4n) is 5.38. The van der Waals surface area contributed by atoms with Crippen molar-refractivity contribution in [3.8, 4) is 0 Å². The lowest BCUT2D eigenvalue weighted by atomic mass is 9.90. The molecule has 1 saturated heterocycles. The molecule has 2 aromatic rings. The number of nitrogens with zero attached hydrogens (tertiary/aromatic N) is 3. The number of fused-ring (bicyclic) bond motifs is 1. The number of carbonyl (C=O) groups excluding carboxylic acids is 2. The highest BCUT2D eigenvalue weighted by Gasteiger charge is 2.34. The zero-order valence-corrected chi connectivity index (χ0v) is 20.4. The molecule has 7 nitrogen and oxygen atoms in total. The van der Waals surface area contributed by atoms with Crippen molar-refractivity contribution < 1.29 is 14.7 Å². The van der Waals surface area contributed by atoms with Gasteiger partial charge in [0.2, 0.25) is 5.91 Å². The molecule has 0 spiro atoms. The highest BCUT2D eigenvalue weighted by Crippen LogP contribution is 2.33. The van der Waals surface area contributed by atoms with Gasteiger partial charge in [-0.3, -0.25) is 19.5 Å². The molecule has 3 heterocycles. The van der Waals surface area contributed by atoms with E-state index in [2.05, 4.69) is 39.5 Å². The number of pyridine rings is 1. The second kappa shape index (κ2) is 10.9. The van der Waals surface area contributed by atoms with Crippen molar-refractivity contribution in [1.82, 2.24) is 20.1 Å². The maximum absolute atomic E-state index is 12.7. The average molecular weight is 477 g/mol. The van der Waals surface area contributed by atoms with Gasteiger partial charge in [-0.15, -0.1) is 0 Å². The molecule has 186 valence electrons. The first-order valence-electron chi connectivity index (χ1n) is 13.0. The lowest BCUT2D eigenvalue weighted by Crippen LogP contribution is -2.42. The second-order valence-electron chi connectivity index (χ2n) is 10.4. The Bertz CT molecular complexity index is 1050. The van der Waals surface area contributed by atoms with E-state index in [0.29, 0.717) is 30.0 Å². The van der Waals surface area contributed by atoms with Crippen LogP contribution in [0.5, 0.6) is 0 Å². The van der Waals surface area contributed by atoms with Crippen LogP contribution in [0.1, 0.15) is 52.9 Å². The molecule has 2 N–H and O–H groups in total. The number of rotatable bonds is 8. The number of hydrogen-bond donors (Lipinski definition) is 2. The Morgan fingerprint density at radius 1 is 1.06 bits per heavy atom. The lowest BCUT2D eigenvalue weighted by molar-refractivity contribution is -0.133. The van der Waals surface area contributed by atoms with Crippen LogP contribution in [0, 0.1) is 11.8 Å². The van der Waals surface area contributed by atoms with Gasteiger partial charge < -0.3 is 15.3 Å². The number of aromatic nitrogens is 1. The summed E-state index contributed by atoms with van der Waals surface area (Å²) in [7, 11) is 0. The third-order valence-electron chi connectivity index (χ3n) is 7.61. The van der Waals surface area contributed by atoms with Crippen molar-refractivity contribution in [3.63, 3.8) is 0 Å². The van der Waals surface area contributed by atoms with E-state index in [4.69, 9.17) is 0 Å². The number of likely N-dealkylation sites (tertiary alicyclic amines) is 1. The first kappa shape index (κ1) is 23.9. The van der Waals surface area contributed by atoms with Gasteiger partial charge in [0.1, 0.15) is 5.69 Å². The van der Waals surface area contributed by atoms with Crippen molar-refractivity contribution in [2.75, 3.05) is 32.7 Å². The van der Waals surface area contributed by atoms with E-state index in [1.807, 2.05) is 17.0 Å². The van der Waals surface area contributed by atoms with Crippen LogP contribution < -0.4 is 5.32 Å². The minimum absolute atomic E-state index is 0.205. The molecule has 1 aliphatic carbocycles. The molecular formula is C28H36N4O3. The van der Waals surface area contributed by atoms with Crippen LogP contribution >= 0.6 is 0 Å². The fourth-order valence-corrected chi connectivity index (χ4v) is 5.38. The van der Waals surface area contributed by atoms with Gasteiger partial charge in [-0.25, -0.2) is 0 Å². The van der Waals surface area contributed by atoms with Gasteiger partial charge in [-0.1, -0.05) is 24.3 Å². The number of amides is 2. The minimum atomic E-state index is -0.629. The van der Waals surface area contributed by atoms with Gasteiger partial charge in [0.05, 0.1) is 6.10 Å². The monoisotopic (exact) mass is 476 g/mol. The molecule has 35 heavy (non-hydrogen) atoms. The predicted molar refractivity (Wildman–Crippen MR) is 134 cm³/mol. The summed E-state index contributed by atoms with van der Waals surface area (Å²) in [5.74, 6) is 0.911. The molecule has 1 aromatic carbocycles. The summed E-state index contributed by atoms with van der Waals surface area (Å²) in [6, 6.07) is 12.3. The SMILES string of the molecule is O=C(NC[C@H](O)CN1CCc2ccccc2C1)c1cc(CC2CCN(C(=O)C3CC3)CC2)ccn1. The van der Waals surface area contributed by atoms with Gasteiger partial charge in [0.15, 0.2) is 0 Å². The number of β-amino-alcohol motifs (C(OH)–C–C–N with tert-alkyl or cyclic N) is 1.